The van der Waals surface area contributed by atoms with E-state index in [0.717, 1.165) is 17.0 Å². The normalized spacial score (nSPS) is 14.2. The fourth-order valence-corrected chi connectivity index (χ4v) is 2.90. The lowest BCUT2D eigenvalue weighted by Crippen LogP contribution is -2.38. The Morgan fingerprint density at radius 3 is 3.00 bits per heavy atom. The Kier molecular flexibility index (Phi) is 4.85. The zero-order chi connectivity index (χ0) is 13.7. The second-order valence-electron chi connectivity index (χ2n) is 4.40. The van der Waals surface area contributed by atoms with Crippen molar-refractivity contribution in [2.45, 2.75) is 24.7 Å². The van der Waals surface area contributed by atoms with Crippen molar-refractivity contribution in [3.05, 3.63) is 24.3 Å². The molecule has 1 aliphatic rings. The summed E-state index contributed by atoms with van der Waals surface area (Å²) in [6, 6.07) is 7.83. The van der Waals surface area contributed by atoms with Crippen LogP contribution >= 0.6 is 11.8 Å². The van der Waals surface area contributed by atoms with Gasteiger partial charge in [0.1, 0.15) is 0 Å². The van der Waals surface area contributed by atoms with E-state index < -0.39 is 0 Å². The van der Waals surface area contributed by atoms with Crippen molar-refractivity contribution in [3.63, 3.8) is 0 Å². The quantitative estimate of drug-likeness (QED) is 0.896. The summed E-state index contributed by atoms with van der Waals surface area (Å²) in [5.41, 5.74) is 0.923. The van der Waals surface area contributed by atoms with E-state index in [9.17, 15) is 9.59 Å². The van der Waals surface area contributed by atoms with Gasteiger partial charge >= 0.3 is 0 Å². The topological polar surface area (TPSA) is 49.4 Å². The fourth-order valence-electron chi connectivity index (χ4n) is 1.97. The monoisotopic (exact) mass is 278 g/mol. The molecule has 0 aliphatic carbocycles. The molecule has 0 radical (unpaired) electrons. The van der Waals surface area contributed by atoms with Crippen molar-refractivity contribution in [1.29, 1.82) is 0 Å². The molecule has 1 aliphatic heterocycles. The summed E-state index contributed by atoms with van der Waals surface area (Å²) in [5.74, 6) is 0.533. The van der Waals surface area contributed by atoms with Crippen LogP contribution in [0.1, 0.15) is 19.8 Å². The number of fused-ring (bicyclic) bond motifs is 1. The average molecular weight is 278 g/mol. The molecule has 0 unspecified atom stereocenters. The highest BCUT2D eigenvalue weighted by atomic mass is 32.2. The highest BCUT2D eigenvalue weighted by molar-refractivity contribution is 8.00. The number of benzene rings is 1. The Morgan fingerprint density at radius 2 is 2.21 bits per heavy atom. The maximum Gasteiger partial charge on any atom is 0.237 e. The smallest absolute Gasteiger partial charge is 0.237 e. The first-order chi connectivity index (χ1) is 9.22. The number of carbonyl (C=O) groups excluding carboxylic acids is 2. The lowest BCUT2D eigenvalue weighted by atomic mass is 10.2. The Balaban J connectivity index is 1.99. The second-order valence-corrected chi connectivity index (χ2v) is 5.42. The third kappa shape index (κ3) is 3.50. The van der Waals surface area contributed by atoms with Gasteiger partial charge in [0.2, 0.25) is 11.8 Å². The fraction of sp³-hybridized carbons (Fsp3) is 0.429. The summed E-state index contributed by atoms with van der Waals surface area (Å²) in [7, 11) is 0. The standard InChI is InChI=1S/C14H18N2O2S/c1-2-8-15-13(17)7-9-16-11-5-3-4-6-12(11)19-10-14(16)18/h3-6H,2,7-10H2,1H3,(H,15,17). The van der Waals surface area contributed by atoms with Crippen LogP contribution in [0.2, 0.25) is 0 Å². The molecule has 2 rings (SSSR count). The molecular weight excluding hydrogens is 260 g/mol. The molecule has 5 heteroatoms. The molecule has 0 spiro atoms. The van der Waals surface area contributed by atoms with Crippen molar-refractivity contribution < 1.29 is 9.59 Å². The zero-order valence-electron chi connectivity index (χ0n) is 11.0. The molecule has 1 N–H and O–H groups in total. The van der Waals surface area contributed by atoms with Gasteiger partial charge in [-0.1, -0.05) is 19.1 Å². The molecule has 1 aromatic carbocycles. The maximum absolute atomic E-state index is 12.0. The van der Waals surface area contributed by atoms with Crippen LogP contribution in [0.25, 0.3) is 0 Å². The number of amides is 2. The molecule has 0 aromatic heterocycles. The molecule has 4 nitrogen and oxygen atoms in total. The van der Waals surface area contributed by atoms with Crippen LogP contribution in [0.5, 0.6) is 0 Å². The van der Waals surface area contributed by atoms with Crippen LogP contribution in [-0.2, 0) is 9.59 Å². The molecule has 102 valence electrons. The van der Waals surface area contributed by atoms with Crippen LogP contribution in [0, 0.1) is 0 Å². The number of rotatable bonds is 5. The summed E-state index contributed by atoms with van der Waals surface area (Å²) in [6.45, 7) is 3.16. The minimum absolute atomic E-state index is 0.00496. The zero-order valence-corrected chi connectivity index (χ0v) is 11.8. The summed E-state index contributed by atoms with van der Waals surface area (Å²) >= 11 is 1.56. The van der Waals surface area contributed by atoms with E-state index in [2.05, 4.69) is 5.32 Å². The molecular formula is C14H18N2O2S. The number of anilines is 1. The summed E-state index contributed by atoms with van der Waals surface area (Å²) in [4.78, 5) is 26.4. The summed E-state index contributed by atoms with van der Waals surface area (Å²) in [6.07, 6.45) is 1.28. The van der Waals surface area contributed by atoms with Crippen LogP contribution in [0.15, 0.2) is 29.2 Å². The molecule has 1 aromatic rings. The molecule has 1 heterocycles. The number of hydrogen-bond donors (Lipinski definition) is 1. The van der Waals surface area contributed by atoms with Gasteiger partial charge < -0.3 is 10.2 Å². The van der Waals surface area contributed by atoms with Crippen molar-refractivity contribution >= 4 is 29.3 Å². The van der Waals surface area contributed by atoms with E-state index >= 15 is 0 Å². The summed E-state index contributed by atoms with van der Waals surface area (Å²) < 4.78 is 0. The number of nitrogens with zero attached hydrogens (tertiary/aromatic N) is 1. The first-order valence-corrected chi connectivity index (χ1v) is 7.50. The van der Waals surface area contributed by atoms with Gasteiger partial charge in [-0.05, 0) is 18.6 Å². The highest BCUT2D eigenvalue weighted by Gasteiger charge is 2.24. The Hall–Kier alpha value is -1.49. The van der Waals surface area contributed by atoms with E-state index in [4.69, 9.17) is 0 Å². The molecule has 2 amide bonds. The highest BCUT2D eigenvalue weighted by Crippen LogP contribution is 2.34. The van der Waals surface area contributed by atoms with Crippen LogP contribution in [0.3, 0.4) is 0 Å². The first kappa shape index (κ1) is 13.9. The van der Waals surface area contributed by atoms with Gasteiger partial charge in [0.15, 0.2) is 0 Å². The van der Waals surface area contributed by atoms with Crippen LogP contribution in [0.4, 0.5) is 5.69 Å². The van der Waals surface area contributed by atoms with Crippen molar-refractivity contribution in [2.75, 3.05) is 23.7 Å². The lowest BCUT2D eigenvalue weighted by Gasteiger charge is -2.28. The van der Waals surface area contributed by atoms with E-state index in [1.54, 1.807) is 16.7 Å². The van der Waals surface area contributed by atoms with Crippen molar-refractivity contribution in [2.24, 2.45) is 0 Å². The minimum Gasteiger partial charge on any atom is -0.356 e. The largest absolute Gasteiger partial charge is 0.356 e. The van der Waals surface area contributed by atoms with Gasteiger partial charge in [0.25, 0.3) is 0 Å². The van der Waals surface area contributed by atoms with E-state index in [-0.39, 0.29) is 11.8 Å². The molecule has 0 atom stereocenters. The Bertz CT molecular complexity index is 476. The van der Waals surface area contributed by atoms with Crippen molar-refractivity contribution in [3.8, 4) is 0 Å². The first-order valence-electron chi connectivity index (χ1n) is 6.51. The maximum atomic E-state index is 12.0. The third-order valence-corrected chi connectivity index (χ3v) is 3.99. The van der Waals surface area contributed by atoms with Gasteiger partial charge in [-0.25, -0.2) is 0 Å². The van der Waals surface area contributed by atoms with Gasteiger partial charge in [-0.15, -0.1) is 11.8 Å². The van der Waals surface area contributed by atoms with Crippen LogP contribution < -0.4 is 10.2 Å². The Labute approximate surface area is 117 Å². The van der Waals surface area contributed by atoms with E-state index in [1.807, 2.05) is 31.2 Å². The Morgan fingerprint density at radius 1 is 1.42 bits per heavy atom. The molecule has 0 saturated carbocycles. The van der Waals surface area contributed by atoms with Gasteiger partial charge in [-0.3, -0.25) is 9.59 Å². The molecule has 19 heavy (non-hydrogen) atoms. The van der Waals surface area contributed by atoms with E-state index in [0.29, 0.717) is 25.3 Å². The number of hydrogen-bond acceptors (Lipinski definition) is 3. The predicted octanol–water partition coefficient (Wildman–Crippen LogP) is 2.04. The van der Waals surface area contributed by atoms with Gasteiger partial charge in [-0.2, -0.15) is 0 Å². The number of thioether (sulfide) groups is 1. The summed E-state index contributed by atoms with van der Waals surface area (Å²) in [5, 5.41) is 2.83. The lowest BCUT2D eigenvalue weighted by molar-refractivity contribution is -0.121. The second kappa shape index (κ2) is 6.61. The third-order valence-electron chi connectivity index (χ3n) is 2.94. The molecule has 0 bridgehead atoms. The number of carbonyl (C=O) groups is 2. The molecule has 0 fully saturated rings. The average Bonchev–Trinajstić information content (AvgIpc) is 2.44. The van der Waals surface area contributed by atoms with Crippen LogP contribution in [-0.4, -0.2) is 30.7 Å². The van der Waals surface area contributed by atoms with Gasteiger partial charge in [0, 0.05) is 24.4 Å². The SMILES string of the molecule is CCCNC(=O)CCN1C(=O)CSc2ccccc21. The predicted molar refractivity (Wildman–Crippen MR) is 77.4 cm³/mol. The van der Waals surface area contributed by atoms with Gasteiger partial charge in [0.05, 0.1) is 11.4 Å². The van der Waals surface area contributed by atoms with E-state index in [1.165, 1.54) is 0 Å². The van der Waals surface area contributed by atoms with Crippen molar-refractivity contribution in [1.82, 2.24) is 5.32 Å². The number of para-hydroxylation sites is 1. The molecule has 0 saturated heterocycles. The minimum atomic E-state index is 0.00496. The number of nitrogens with one attached hydrogen (secondary N) is 1.